The van der Waals surface area contributed by atoms with Gasteiger partial charge in [0.1, 0.15) is 0 Å². The minimum Gasteiger partial charge on any atom is -0.166 e. The lowest BCUT2D eigenvalue weighted by Gasteiger charge is -2.05. The summed E-state index contributed by atoms with van der Waals surface area (Å²) in [6.07, 6.45) is -4.26. The van der Waals surface area contributed by atoms with E-state index in [4.69, 9.17) is 0 Å². The first-order valence-electron chi connectivity index (χ1n) is 3.53. The van der Waals surface area contributed by atoms with E-state index in [9.17, 15) is 13.2 Å². The monoisotopic (exact) mass is 201 g/mol. The van der Waals surface area contributed by atoms with Gasteiger partial charge in [-0.15, -0.1) is 11.3 Å². The van der Waals surface area contributed by atoms with Crippen LogP contribution in [0, 0.1) is 6.07 Å². The van der Waals surface area contributed by atoms with Gasteiger partial charge in [0.15, 0.2) is 0 Å². The molecule has 0 saturated carbocycles. The van der Waals surface area contributed by atoms with Crippen LogP contribution in [0.2, 0.25) is 0 Å². The van der Waals surface area contributed by atoms with Gasteiger partial charge in [-0.1, -0.05) is 0 Å². The molecule has 13 heavy (non-hydrogen) atoms. The fraction of sp³-hybridized carbons (Fsp3) is 0.111. The Labute approximate surface area is 76.6 Å². The Bertz CT molecular complexity index is 428. The molecule has 0 aliphatic carbocycles. The van der Waals surface area contributed by atoms with E-state index in [-0.39, 0.29) is 0 Å². The largest absolute Gasteiger partial charge is 0.416 e. The predicted molar refractivity (Wildman–Crippen MR) is 45.7 cm³/mol. The molecule has 67 valence electrons. The highest BCUT2D eigenvalue weighted by molar-refractivity contribution is 7.17. The van der Waals surface area contributed by atoms with E-state index in [0.29, 0.717) is 5.39 Å². The van der Waals surface area contributed by atoms with E-state index >= 15 is 0 Å². The van der Waals surface area contributed by atoms with Crippen LogP contribution in [-0.2, 0) is 6.18 Å². The molecule has 2 aromatic rings. The number of hydrogen-bond donors (Lipinski definition) is 0. The molecular weight excluding hydrogens is 197 g/mol. The third-order valence-electron chi connectivity index (χ3n) is 1.71. The van der Waals surface area contributed by atoms with Gasteiger partial charge in [0, 0.05) is 16.2 Å². The average Bonchev–Trinajstić information content (AvgIpc) is 2.47. The molecule has 1 aromatic heterocycles. The van der Waals surface area contributed by atoms with Crippen LogP contribution in [-0.4, -0.2) is 0 Å². The molecule has 0 aliphatic rings. The first-order chi connectivity index (χ1) is 6.07. The third kappa shape index (κ3) is 1.54. The minimum atomic E-state index is -4.26. The molecule has 4 heteroatoms. The van der Waals surface area contributed by atoms with Gasteiger partial charge in [-0.3, -0.25) is 0 Å². The van der Waals surface area contributed by atoms with Crippen molar-refractivity contribution in [3.05, 3.63) is 35.2 Å². The summed E-state index contributed by atoms with van der Waals surface area (Å²) >= 11 is 1.38. The zero-order valence-corrected chi connectivity index (χ0v) is 7.17. The summed E-state index contributed by atoms with van der Waals surface area (Å²) in [6, 6.07) is 6.43. The van der Waals surface area contributed by atoms with Crippen LogP contribution in [0.15, 0.2) is 23.6 Å². The molecule has 1 heterocycles. The first kappa shape index (κ1) is 8.56. The summed E-state index contributed by atoms with van der Waals surface area (Å²) in [4.78, 5) is 0. The molecular formula is C9H4F3S. The van der Waals surface area contributed by atoms with Crippen LogP contribution in [0.25, 0.3) is 10.1 Å². The van der Waals surface area contributed by atoms with Crippen LogP contribution in [0.5, 0.6) is 0 Å². The number of halogens is 3. The zero-order valence-electron chi connectivity index (χ0n) is 6.35. The van der Waals surface area contributed by atoms with Gasteiger partial charge in [-0.05, 0) is 23.6 Å². The van der Waals surface area contributed by atoms with Crippen molar-refractivity contribution in [1.29, 1.82) is 0 Å². The molecule has 0 amide bonds. The molecule has 0 spiro atoms. The number of thiophene rings is 1. The van der Waals surface area contributed by atoms with Crippen molar-refractivity contribution in [3.63, 3.8) is 0 Å². The van der Waals surface area contributed by atoms with E-state index in [0.717, 1.165) is 16.8 Å². The standard InChI is InChI=1S/C9H4F3S/c10-9(11,12)7-1-2-8-6(5-7)3-4-13-8/h1-2,4-5H. The summed E-state index contributed by atoms with van der Waals surface area (Å²) in [5, 5.41) is 2.19. The number of rotatable bonds is 0. The molecule has 0 unspecified atom stereocenters. The van der Waals surface area contributed by atoms with E-state index < -0.39 is 11.7 Å². The Morgan fingerprint density at radius 2 is 2.00 bits per heavy atom. The Hall–Kier alpha value is -1.03. The van der Waals surface area contributed by atoms with Gasteiger partial charge in [-0.25, -0.2) is 0 Å². The van der Waals surface area contributed by atoms with Crippen molar-refractivity contribution in [2.24, 2.45) is 0 Å². The van der Waals surface area contributed by atoms with Crippen LogP contribution >= 0.6 is 11.3 Å². The Kier molecular flexibility index (Phi) is 1.80. The second kappa shape index (κ2) is 2.73. The summed E-state index contributed by atoms with van der Waals surface area (Å²) in [5.74, 6) is 0. The lowest BCUT2D eigenvalue weighted by atomic mass is 10.1. The summed E-state index contributed by atoms with van der Waals surface area (Å²) in [5.41, 5.74) is -0.616. The van der Waals surface area contributed by atoms with Crippen molar-refractivity contribution < 1.29 is 13.2 Å². The Morgan fingerprint density at radius 1 is 1.23 bits per heavy atom. The Morgan fingerprint density at radius 3 is 2.69 bits per heavy atom. The molecule has 0 nitrogen and oxygen atoms in total. The molecule has 0 bridgehead atoms. The van der Waals surface area contributed by atoms with E-state index in [2.05, 4.69) is 6.07 Å². The summed E-state index contributed by atoms with van der Waals surface area (Å²) < 4.78 is 37.5. The van der Waals surface area contributed by atoms with E-state index in [1.54, 1.807) is 5.38 Å². The third-order valence-corrected chi connectivity index (χ3v) is 2.55. The Balaban J connectivity index is 2.61. The smallest absolute Gasteiger partial charge is 0.166 e. The van der Waals surface area contributed by atoms with Crippen molar-refractivity contribution in [2.45, 2.75) is 6.18 Å². The van der Waals surface area contributed by atoms with Crippen LogP contribution in [0.3, 0.4) is 0 Å². The second-order valence-corrected chi connectivity index (χ2v) is 3.50. The zero-order chi connectivity index (χ0) is 9.47. The average molecular weight is 201 g/mol. The highest BCUT2D eigenvalue weighted by atomic mass is 32.1. The maximum Gasteiger partial charge on any atom is 0.416 e. The van der Waals surface area contributed by atoms with Gasteiger partial charge in [0.2, 0.25) is 0 Å². The molecule has 1 radical (unpaired) electrons. The van der Waals surface area contributed by atoms with Crippen molar-refractivity contribution in [3.8, 4) is 0 Å². The fourth-order valence-corrected chi connectivity index (χ4v) is 1.78. The van der Waals surface area contributed by atoms with Crippen LogP contribution in [0.4, 0.5) is 13.2 Å². The highest BCUT2D eigenvalue weighted by Crippen LogP contribution is 2.32. The number of hydrogen-bond acceptors (Lipinski definition) is 1. The highest BCUT2D eigenvalue weighted by Gasteiger charge is 2.30. The lowest BCUT2D eigenvalue weighted by Crippen LogP contribution is -2.03. The molecule has 0 aliphatic heterocycles. The first-order valence-corrected chi connectivity index (χ1v) is 4.41. The van der Waals surface area contributed by atoms with Gasteiger partial charge in [0.25, 0.3) is 0 Å². The van der Waals surface area contributed by atoms with E-state index in [1.807, 2.05) is 0 Å². The molecule has 2 rings (SSSR count). The molecule has 0 fully saturated rings. The normalized spacial score (nSPS) is 12.2. The number of benzene rings is 1. The molecule has 0 saturated heterocycles. The molecule has 0 N–H and O–H groups in total. The number of fused-ring (bicyclic) bond motifs is 1. The van der Waals surface area contributed by atoms with Crippen LogP contribution < -0.4 is 0 Å². The summed E-state index contributed by atoms with van der Waals surface area (Å²) in [6.45, 7) is 0. The predicted octanol–water partition coefficient (Wildman–Crippen LogP) is 3.72. The maximum atomic E-state index is 12.2. The SMILES string of the molecule is FC(F)(F)c1ccc2sc[c]c2c1. The van der Waals surface area contributed by atoms with E-state index in [1.165, 1.54) is 17.4 Å². The van der Waals surface area contributed by atoms with Crippen molar-refractivity contribution in [1.82, 2.24) is 0 Å². The molecule has 1 aromatic carbocycles. The van der Waals surface area contributed by atoms with Gasteiger partial charge in [-0.2, -0.15) is 13.2 Å². The van der Waals surface area contributed by atoms with Crippen LogP contribution in [0.1, 0.15) is 5.56 Å². The molecule has 0 atom stereocenters. The second-order valence-electron chi connectivity index (χ2n) is 2.59. The minimum absolute atomic E-state index is 0.528. The maximum absolute atomic E-state index is 12.2. The quantitative estimate of drug-likeness (QED) is 0.609. The summed E-state index contributed by atoms with van der Waals surface area (Å²) in [7, 11) is 0. The van der Waals surface area contributed by atoms with Gasteiger partial charge >= 0.3 is 6.18 Å². The van der Waals surface area contributed by atoms with Crippen molar-refractivity contribution >= 4 is 21.4 Å². The van der Waals surface area contributed by atoms with Gasteiger partial charge in [0.05, 0.1) is 5.56 Å². The lowest BCUT2D eigenvalue weighted by molar-refractivity contribution is -0.137. The topological polar surface area (TPSA) is 0 Å². The number of alkyl halides is 3. The van der Waals surface area contributed by atoms with Crippen molar-refractivity contribution in [2.75, 3.05) is 0 Å². The fourth-order valence-electron chi connectivity index (χ4n) is 1.08. The van der Waals surface area contributed by atoms with Gasteiger partial charge < -0.3 is 0 Å².